The zero-order valence-corrected chi connectivity index (χ0v) is 15.8. The largest absolute Gasteiger partial charge is 0.461 e. The molecule has 0 fully saturated rings. The average Bonchev–Trinajstić information content (AvgIpc) is 2.64. The van der Waals surface area contributed by atoms with Crippen molar-refractivity contribution >= 4 is 10.0 Å². The van der Waals surface area contributed by atoms with E-state index in [1.807, 2.05) is 60.7 Å². The number of sulfonamides is 1. The van der Waals surface area contributed by atoms with E-state index in [1.165, 1.54) is 0 Å². The number of hydrogen-bond donors (Lipinski definition) is 1. The summed E-state index contributed by atoms with van der Waals surface area (Å²) < 4.78 is 43.3. The molecule has 3 rings (SSSR count). The first-order valence-corrected chi connectivity index (χ1v) is 10.5. The Hall–Kier alpha value is -2.19. The number of hydrogen-bond acceptors (Lipinski definition) is 5. The van der Waals surface area contributed by atoms with Crippen LogP contribution in [0, 0.1) is 0 Å². The molecule has 144 valence electrons. The Bertz CT molecular complexity index is 839. The van der Waals surface area contributed by atoms with Crippen LogP contribution in [0.3, 0.4) is 0 Å². The molecule has 1 heterocycles. The Balaban J connectivity index is 1.63. The first-order chi connectivity index (χ1) is 13.0. The third-order valence-corrected chi connectivity index (χ3v) is 4.62. The van der Waals surface area contributed by atoms with Crippen LogP contribution in [0.1, 0.15) is 5.56 Å². The summed E-state index contributed by atoms with van der Waals surface area (Å²) in [5, 5.41) is 0. The van der Waals surface area contributed by atoms with Crippen LogP contribution in [0.2, 0.25) is 0 Å². The molecule has 1 aliphatic heterocycles. The van der Waals surface area contributed by atoms with E-state index in [2.05, 4.69) is 4.72 Å². The van der Waals surface area contributed by atoms with Crippen molar-refractivity contribution in [2.24, 2.45) is 0 Å². The van der Waals surface area contributed by atoms with E-state index >= 15 is 0 Å². The maximum Gasteiger partial charge on any atom is 0.220 e. The summed E-state index contributed by atoms with van der Waals surface area (Å²) in [5.41, 5.74) is 1.04. The van der Waals surface area contributed by atoms with E-state index in [1.54, 1.807) is 12.2 Å². The van der Waals surface area contributed by atoms with Gasteiger partial charge in [-0.1, -0.05) is 54.6 Å². The first kappa shape index (κ1) is 19.6. The molecule has 0 radical (unpaired) electrons. The fourth-order valence-corrected chi connectivity index (χ4v) is 3.43. The number of para-hydroxylation sites is 1. The summed E-state index contributed by atoms with van der Waals surface area (Å²) in [5.74, 6) is 0.672. The SMILES string of the molecule is CS(=O)(=O)N[C@@H]1C=C[C@@H](Oc2ccccc2)O[C@@H]1COCc1ccccc1. The van der Waals surface area contributed by atoms with Crippen LogP contribution in [-0.2, 0) is 26.1 Å². The average molecular weight is 389 g/mol. The van der Waals surface area contributed by atoms with Crippen LogP contribution in [0.15, 0.2) is 72.8 Å². The predicted molar refractivity (Wildman–Crippen MR) is 103 cm³/mol. The van der Waals surface area contributed by atoms with Gasteiger partial charge in [0.05, 0.1) is 25.5 Å². The molecule has 7 heteroatoms. The van der Waals surface area contributed by atoms with Gasteiger partial charge in [-0.05, 0) is 23.8 Å². The third kappa shape index (κ3) is 6.48. The molecule has 0 saturated heterocycles. The minimum atomic E-state index is -3.39. The van der Waals surface area contributed by atoms with Gasteiger partial charge < -0.3 is 14.2 Å². The van der Waals surface area contributed by atoms with Gasteiger partial charge in [0.25, 0.3) is 0 Å². The lowest BCUT2D eigenvalue weighted by Crippen LogP contribution is -2.49. The second kappa shape index (κ2) is 9.14. The molecule has 0 bridgehead atoms. The highest BCUT2D eigenvalue weighted by Gasteiger charge is 2.30. The second-order valence-electron chi connectivity index (χ2n) is 6.28. The van der Waals surface area contributed by atoms with Crippen LogP contribution in [-0.4, -0.2) is 39.7 Å². The molecule has 27 heavy (non-hydrogen) atoms. The van der Waals surface area contributed by atoms with E-state index in [9.17, 15) is 8.42 Å². The Morgan fingerprint density at radius 2 is 1.67 bits per heavy atom. The molecule has 6 nitrogen and oxygen atoms in total. The molecule has 2 aromatic rings. The molecule has 1 aliphatic rings. The van der Waals surface area contributed by atoms with Crippen molar-refractivity contribution in [2.75, 3.05) is 12.9 Å². The normalized spacial score (nSPS) is 22.5. The van der Waals surface area contributed by atoms with Gasteiger partial charge in [-0.15, -0.1) is 0 Å². The molecule has 0 amide bonds. The number of ether oxygens (including phenoxy) is 3. The first-order valence-electron chi connectivity index (χ1n) is 8.64. The number of rotatable bonds is 8. The van der Waals surface area contributed by atoms with Gasteiger partial charge in [-0.2, -0.15) is 0 Å². The summed E-state index contributed by atoms with van der Waals surface area (Å²) in [6, 6.07) is 18.5. The zero-order chi connectivity index (χ0) is 19.1. The second-order valence-corrected chi connectivity index (χ2v) is 8.06. The van der Waals surface area contributed by atoms with Crippen LogP contribution in [0.25, 0.3) is 0 Å². The molecule has 0 unspecified atom stereocenters. The zero-order valence-electron chi connectivity index (χ0n) is 15.0. The fraction of sp³-hybridized carbons (Fsp3) is 0.300. The highest BCUT2D eigenvalue weighted by atomic mass is 32.2. The van der Waals surface area contributed by atoms with E-state index in [0.29, 0.717) is 12.4 Å². The van der Waals surface area contributed by atoms with Crippen LogP contribution in [0.4, 0.5) is 0 Å². The van der Waals surface area contributed by atoms with E-state index in [-0.39, 0.29) is 6.61 Å². The van der Waals surface area contributed by atoms with Crippen molar-refractivity contribution in [1.82, 2.24) is 4.72 Å². The van der Waals surface area contributed by atoms with Crippen molar-refractivity contribution in [1.29, 1.82) is 0 Å². The number of nitrogens with one attached hydrogen (secondary N) is 1. The Kier molecular flexibility index (Phi) is 6.63. The lowest BCUT2D eigenvalue weighted by molar-refractivity contribution is -0.127. The highest BCUT2D eigenvalue weighted by Crippen LogP contribution is 2.19. The lowest BCUT2D eigenvalue weighted by Gasteiger charge is -2.32. The molecule has 2 aromatic carbocycles. The van der Waals surface area contributed by atoms with Crippen molar-refractivity contribution in [3.8, 4) is 5.75 Å². The molecule has 1 N–H and O–H groups in total. The van der Waals surface area contributed by atoms with E-state index in [0.717, 1.165) is 11.8 Å². The summed E-state index contributed by atoms with van der Waals surface area (Å²) >= 11 is 0. The van der Waals surface area contributed by atoms with Crippen molar-refractivity contribution in [2.45, 2.75) is 25.0 Å². The minimum absolute atomic E-state index is 0.223. The predicted octanol–water partition coefficient (Wildman–Crippen LogP) is 2.48. The fourth-order valence-electron chi connectivity index (χ4n) is 2.71. The lowest BCUT2D eigenvalue weighted by atomic mass is 10.1. The Morgan fingerprint density at radius 3 is 2.33 bits per heavy atom. The van der Waals surface area contributed by atoms with Crippen LogP contribution in [0.5, 0.6) is 5.75 Å². The van der Waals surface area contributed by atoms with E-state index < -0.39 is 28.5 Å². The highest BCUT2D eigenvalue weighted by molar-refractivity contribution is 7.88. The monoisotopic (exact) mass is 389 g/mol. The van der Waals surface area contributed by atoms with Gasteiger partial charge in [0.2, 0.25) is 16.3 Å². The maximum absolute atomic E-state index is 11.6. The Morgan fingerprint density at radius 1 is 1.00 bits per heavy atom. The smallest absolute Gasteiger partial charge is 0.220 e. The molecule has 3 atom stereocenters. The standard InChI is InChI=1S/C20H23NO5S/c1-27(22,23)21-18-12-13-20(25-17-10-6-3-7-11-17)26-19(18)15-24-14-16-8-4-2-5-9-16/h2-13,18-21H,14-15H2,1H3/t18-,19-,20+/m1/s1. The summed E-state index contributed by atoms with van der Waals surface area (Å²) in [4.78, 5) is 0. The summed E-state index contributed by atoms with van der Waals surface area (Å²) in [6.07, 6.45) is 3.44. The molecule has 0 saturated carbocycles. The van der Waals surface area contributed by atoms with Crippen molar-refractivity contribution in [3.63, 3.8) is 0 Å². The van der Waals surface area contributed by atoms with Crippen molar-refractivity contribution < 1.29 is 22.6 Å². The summed E-state index contributed by atoms with van der Waals surface area (Å²) in [7, 11) is -3.39. The molecular weight excluding hydrogens is 366 g/mol. The maximum atomic E-state index is 11.6. The number of benzene rings is 2. The van der Waals surface area contributed by atoms with Gasteiger partial charge in [0.1, 0.15) is 11.9 Å². The molecule has 0 aliphatic carbocycles. The van der Waals surface area contributed by atoms with Gasteiger partial charge in [-0.25, -0.2) is 13.1 Å². The van der Waals surface area contributed by atoms with Gasteiger partial charge >= 0.3 is 0 Å². The Labute approximate surface area is 159 Å². The topological polar surface area (TPSA) is 73.9 Å². The van der Waals surface area contributed by atoms with Gasteiger partial charge in [0.15, 0.2) is 0 Å². The minimum Gasteiger partial charge on any atom is -0.461 e. The van der Waals surface area contributed by atoms with Crippen LogP contribution < -0.4 is 9.46 Å². The summed E-state index contributed by atoms with van der Waals surface area (Å²) in [6.45, 7) is 0.640. The molecule has 0 spiro atoms. The molecule has 0 aromatic heterocycles. The molecular formula is C20H23NO5S. The van der Waals surface area contributed by atoms with Gasteiger partial charge in [-0.3, -0.25) is 0 Å². The van der Waals surface area contributed by atoms with E-state index in [4.69, 9.17) is 14.2 Å². The van der Waals surface area contributed by atoms with Crippen molar-refractivity contribution in [3.05, 3.63) is 78.4 Å². The third-order valence-electron chi connectivity index (χ3n) is 3.92. The van der Waals surface area contributed by atoms with Gasteiger partial charge in [0, 0.05) is 0 Å². The quantitative estimate of drug-likeness (QED) is 0.702. The van der Waals surface area contributed by atoms with Crippen LogP contribution >= 0.6 is 0 Å².